The Kier molecular flexibility index (Phi) is 10.8. The van der Waals surface area contributed by atoms with Crippen molar-refractivity contribution in [2.45, 2.75) is 0 Å². The average molecular weight is 707 g/mol. The van der Waals surface area contributed by atoms with E-state index in [9.17, 15) is 0 Å². The Morgan fingerprint density at radius 1 is 0.161 bits per heavy atom. The van der Waals surface area contributed by atoms with Crippen molar-refractivity contribution in [3.05, 3.63) is 251 Å². The lowest BCUT2D eigenvalue weighted by molar-refractivity contribution is 1.53. The summed E-state index contributed by atoms with van der Waals surface area (Å²) < 4.78 is 0. The van der Waals surface area contributed by atoms with E-state index in [0.717, 1.165) is 77.9 Å². The summed E-state index contributed by atoms with van der Waals surface area (Å²) in [5.74, 6) is 26.8. The van der Waals surface area contributed by atoms with E-state index in [2.05, 4.69) is 132 Å². The van der Waals surface area contributed by atoms with Crippen LogP contribution in [0, 0.1) is 47.4 Å². The van der Waals surface area contributed by atoms with Crippen molar-refractivity contribution in [2.75, 3.05) is 0 Å². The highest BCUT2D eigenvalue weighted by molar-refractivity contribution is 5.80. The molecule has 0 amide bonds. The van der Waals surface area contributed by atoms with Crippen molar-refractivity contribution in [1.29, 1.82) is 0 Å². The quantitative estimate of drug-likeness (QED) is 0.161. The Morgan fingerprint density at radius 2 is 0.375 bits per heavy atom. The Balaban J connectivity index is 1.20. The molecule has 0 N–H and O–H groups in total. The van der Waals surface area contributed by atoms with Crippen LogP contribution in [0.4, 0.5) is 0 Å². The van der Waals surface area contributed by atoms with Gasteiger partial charge in [0.15, 0.2) is 0 Å². The van der Waals surface area contributed by atoms with Crippen LogP contribution in [0.15, 0.2) is 206 Å². The van der Waals surface area contributed by atoms with E-state index < -0.39 is 0 Å². The van der Waals surface area contributed by atoms with Gasteiger partial charge in [-0.1, -0.05) is 144 Å². The Bertz CT molecular complexity index is 2650. The third kappa shape index (κ3) is 9.32. The summed E-state index contributed by atoms with van der Waals surface area (Å²) in [6.45, 7) is 0. The largest absolute Gasteiger partial charge is 0.0622 e. The third-order valence-corrected chi connectivity index (χ3v) is 9.14. The molecule has 0 aliphatic rings. The van der Waals surface area contributed by atoms with E-state index in [1.165, 1.54) is 0 Å². The fraction of sp³-hybridized carbons (Fsp3) is 0. The lowest BCUT2D eigenvalue weighted by Crippen LogP contribution is -1.89. The molecule has 0 heteroatoms. The third-order valence-electron chi connectivity index (χ3n) is 9.14. The van der Waals surface area contributed by atoms with Crippen LogP contribution in [0.3, 0.4) is 0 Å². The molecular weight excluding hydrogens is 673 g/mol. The highest BCUT2D eigenvalue weighted by atomic mass is 14.1. The van der Waals surface area contributed by atoms with Crippen molar-refractivity contribution in [2.24, 2.45) is 0 Å². The molecule has 0 nitrogen and oxygen atoms in total. The number of hydrogen-bond acceptors (Lipinski definition) is 0. The lowest BCUT2D eigenvalue weighted by atomic mass is 9.92. The molecular formula is C56H34. The van der Waals surface area contributed by atoms with Crippen molar-refractivity contribution in [3.63, 3.8) is 0 Å². The second-order valence-electron chi connectivity index (χ2n) is 13.2. The first-order valence-corrected chi connectivity index (χ1v) is 18.5. The maximum absolute atomic E-state index is 3.46. The molecule has 0 heterocycles. The summed E-state index contributed by atoms with van der Waals surface area (Å²) in [6.07, 6.45) is 0. The summed E-state index contributed by atoms with van der Waals surface area (Å²) in [4.78, 5) is 0. The molecule has 258 valence electrons. The second-order valence-corrected chi connectivity index (χ2v) is 13.2. The van der Waals surface area contributed by atoms with Crippen LogP contribution >= 0.6 is 0 Å². The monoisotopic (exact) mass is 706 g/mol. The van der Waals surface area contributed by atoms with Crippen LogP contribution in [0.5, 0.6) is 0 Å². The topological polar surface area (TPSA) is 0 Å². The smallest absolute Gasteiger partial charge is 0.0261 e. The molecule has 0 unspecified atom stereocenters. The Morgan fingerprint density at radius 3 is 0.643 bits per heavy atom. The first-order valence-electron chi connectivity index (χ1n) is 18.5. The minimum Gasteiger partial charge on any atom is -0.0622 e. The van der Waals surface area contributed by atoms with Crippen molar-refractivity contribution >= 4 is 0 Å². The van der Waals surface area contributed by atoms with Crippen LogP contribution < -0.4 is 0 Å². The Hall–Kier alpha value is -8.00. The summed E-state index contributed by atoms with van der Waals surface area (Å²) in [7, 11) is 0. The zero-order chi connectivity index (χ0) is 37.8. The van der Waals surface area contributed by atoms with Gasteiger partial charge in [-0.25, -0.2) is 0 Å². The molecule has 8 rings (SSSR count). The van der Waals surface area contributed by atoms with Gasteiger partial charge in [0.05, 0.1) is 0 Å². The molecule has 0 aliphatic carbocycles. The zero-order valence-electron chi connectivity index (χ0n) is 30.6. The summed E-state index contributed by atoms with van der Waals surface area (Å²) in [6, 6.07) is 70.4. The summed E-state index contributed by atoms with van der Waals surface area (Å²) in [5, 5.41) is 0. The molecule has 0 aliphatic heterocycles. The van der Waals surface area contributed by atoms with Crippen LogP contribution in [0.1, 0.15) is 44.5 Å². The predicted octanol–water partition coefficient (Wildman–Crippen LogP) is 12.3. The van der Waals surface area contributed by atoms with Crippen molar-refractivity contribution < 1.29 is 0 Å². The van der Waals surface area contributed by atoms with Crippen LogP contribution in [-0.2, 0) is 0 Å². The van der Waals surface area contributed by atoms with Gasteiger partial charge in [-0.2, -0.15) is 0 Å². The average Bonchev–Trinajstić information content (AvgIpc) is 3.28. The van der Waals surface area contributed by atoms with Gasteiger partial charge in [0.1, 0.15) is 0 Å². The van der Waals surface area contributed by atoms with E-state index in [-0.39, 0.29) is 0 Å². The highest BCUT2D eigenvalue weighted by Gasteiger charge is 2.09. The second kappa shape index (κ2) is 17.2. The molecule has 0 spiro atoms. The van der Waals surface area contributed by atoms with Crippen LogP contribution in [0.2, 0.25) is 0 Å². The zero-order valence-corrected chi connectivity index (χ0v) is 30.6. The number of hydrogen-bond donors (Lipinski definition) is 0. The maximum atomic E-state index is 3.46. The summed E-state index contributed by atoms with van der Waals surface area (Å²) in [5.41, 5.74) is 14.2. The Labute approximate surface area is 330 Å². The molecule has 0 saturated heterocycles. The lowest BCUT2D eigenvalue weighted by Gasteiger charge is -2.12. The van der Waals surface area contributed by atoms with E-state index in [1.54, 1.807) is 0 Å². The predicted molar refractivity (Wildman–Crippen MR) is 232 cm³/mol. The maximum Gasteiger partial charge on any atom is 0.0261 e. The first-order chi connectivity index (χ1) is 27.7. The molecule has 0 radical (unpaired) electrons. The number of benzene rings is 8. The molecule has 56 heavy (non-hydrogen) atoms. The molecule has 0 atom stereocenters. The van der Waals surface area contributed by atoms with E-state index in [1.807, 2.05) is 121 Å². The molecule has 0 aromatic heterocycles. The van der Waals surface area contributed by atoms with Gasteiger partial charge in [-0.05, 0) is 143 Å². The molecule has 8 aromatic rings. The van der Waals surface area contributed by atoms with E-state index in [4.69, 9.17) is 0 Å². The van der Waals surface area contributed by atoms with Crippen molar-refractivity contribution in [3.8, 4) is 80.7 Å². The van der Waals surface area contributed by atoms with Gasteiger partial charge >= 0.3 is 0 Å². The minimum absolute atomic E-state index is 0.929. The van der Waals surface area contributed by atoms with Crippen LogP contribution in [-0.4, -0.2) is 0 Å². The number of rotatable bonds is 3. The van der Waals surface area contributed by atoms with Crippen molar-refractivity contribution in [1.82, 2.24) is 0 Å². The summed E-state index contributed by atoms with van der Waals surface area (Å²) >= 11 is 0. The molecule has 8 aromatic carbocycles. The van der Waals surface area contributed by atoms with Gasteiger partial charge in [0.25, 0.3) is 0 Å². The highest BCUT2D eigenvalue weighted by Crippen LogP contribution is 2.33. The van der Waals surface area contributed by atoms with Gasteiger partial charge in [0.2, 0.25) is 0 Å². The fourth-order valence-electron chi connectivity index (χ4n) is 6.22. The van der Waals surface area contributed by atoms with Gasteiger partial charge < -0.3 is 0 Å². The van der Waals surface area contributed by atoms with Gasteiger partial charge in [-0.3, -0.25) is 0 Å². The van der Waals surface area contributed by atoms with Crippen LogP contribution in [0.25, 0.3) is 33.4 Å². The van der Waals surface area contributed by atoms with Gasteiger partial charge in [-0.15, -0.1) is 0 Å². The molecule has 0 bridgehead atoms. The normalized spacial score (nSPS) is 9.93. The SMILES string of the molecule is C(#Cc1ccc(-c2cc(C#Cc3ccccc3)cc(-c3cc(C#Cc4ccccc4)cc(-c4ccc(C#Cc5ccccc5)cc4)c3)c2)cc1)c1ccccc1. The molecule has 0 saturated carbocycles. The fourth-order valence-corrected chi connectivity index (χ4v) is 6.22. The van der Waals surface area contributed by atoms with E-state index >= 15 is 0 Å². The van der Waals surface area contributed by atoms with E-state index in [0.29, 0.717) is 0 Å². The van der Waals surface area contributed by atoms with Gasteiger partial charge in [0, 0.05) is 44.5 Å². The minimum atomic E-state index is 0.929. The first kappa shape index (κ1) is 35.1. The standard InChI is InChI=1S/C56H34/c1-5-13-43(14-6-1)21-23-47-29-33-51(34-30-47)53-37-49(27-25-45-17-9-3-10-18-45)39-55(41-53)56-40-50(28-26-46-19-11-4-12-20-46)38-54(42-56)52-35-31-48(32-36-52)24-22-44-15-7-2-8-16-44/h1-20,29-42H. The molecule has 0 fully saturated rings.